The summed E-state index contributed by atoms with van der Waals surface area (Å²) in [6, 6.07) is 0. The first-order valence-corrected chi connectivity index (χ1v) is 5.06. The molecule has 0 atom stereocenters. The van der Waals surface area contributed by atoms with Crippen LogP contribution < -0.4 is 10.5 Å². The third kappa shape index (κ3) is 2.11. The fraction of sp³-hybridized carbons (Fsp3) is 0.333. The largest absolute Gasteiger partial charge is 0.473 e. The minimum Gasteiger partial charge on any atom is -0.473 e. The second-order valence-corrected chi connectivity index (χ2v) is 3.81. The maximum Gasteiger partial charge on any atom is 0.247 e. The lowest BCUT2D eigenvalue weighted by molar-refractivity contribution is 0.235. The first-order chi connectivity index (χ1) is 7.56. The molecule has 0 bridgehead atoms. The second kappa shape index (κ2) is 4.05. The van der Waals surface area contributed by atoms with Crippen molar-refractivity contribution in [3.63, 3.8) is 0 Å². The SMILES string of the molecule is CC(C)Oc1nc(N)nc2ncc(Cl)nc12. The highest BCUT2D eigenvalue weighted by atomic mass is 35.5. The van der Waals surface area contributed by atoms with E-state index in [2.05, 4.69) is 19.9 Å². The Morgan fingerprint density at radius 3 is 2.75 bits per heavy atom. The number of nitrogens with two attached hydrogens (primary N) is 1. The lowest BCUT2D eigenvalue weighted by Crippen LogP contribution is -2.10. The van der Waals surface area contributed by atoms with Crippen LogP contribution >= 0.6 is 11.6 Å². The van der Waals surface area contributed by atoms with Crippen molar-refractivity contribution in [2.24, 2.45) is 0 Å². The summed E-state index contributed by atoms with van der Waals surface area (Å²) in [6.07, 6.45) is 1.36. The Morgan fingerprint density at radius 1 is 1.31 bits per heavy atom. The van der Waals surface area contributed by atoms with Crippen molar-refractivity contribution in [1.29, 1.82) is 0 Å². The van der Waals surface area contributed by atoms with Gasteiger partial charge in [0.15, 0.2) is 11.2 Å². The van der Waals surface area contributed by atoms with E-state index in [1.807, 2.05) is 13.8 Å². The molecule has 2 aromatic heterocycles. The van der Waals surface area contributed by atoms with Crippen LogP contribution in [0.1, 0.15) is 13.8 Å². The highest BCUT2D eigenvalue weighted by molar-refractivity contribution is 6.29. The zero-order valence-corrected chi connectivity index (χ0v) is 9.56. The average Bonchev–Trinajstić information content (AvgIpc) is 2.18. The number of ether oxygens (including phenoxy) is 1. The summed E-state index contributed by atoms with van der Waals surface area (Å²) in [7, 11) is 0. The van der Waals surface area contributed by atoms with E-state index in [1.54, 1.807) is 0 Å². The molecule has 7 heteroatoms. The molecule has 0 aliphatic heterocycles. The molecule has 2 N–H and O–H groups in total. The summed E-state index contributed by atoms with van der Waals surface area (Å²) in [5.41, 5.74) is 6.32. The van der Waals surface area contributed by atoms with Gasteiger partial charge in [0.2, 0.25) is 11.8 Å². The van der Waals surface area contributed by atoms with E-state index < -0.39 is 0 Å². The van der Waals surface area contributed by atoms with Gasteiger partial charge in [-0.3, -0.25) is 0 Å². The molecule has 0 fully saturated rings. The molecule has 0 aliphatic carbocycles. The van der Waals surface area contributed by atoms with Crippen molar-refractivity contribution in [2.75, 3.05) is 5.73 Å². The monoisotopic (exact) mass is 239 g/mol. The fourth-order valence-corrected chi connectivity index (χ4v) is 1.32. The van der Waals surface area contributed by atoms with E-state index in [4.69, 9.17) is 22.1 Å². The predicted molar refractivity (Wildman–Crippen MR) is 60.3 cm³/mol. The molecule has 84 valence electrons. The summed E-state index contributed by atoms with van der Waals surface area (Å²) in [4.78, 5) is 16.0. The number of anilines is 1. The van der Waals surface area contributed by atoms with Crippen molar-refractivity contribution in [3.05, 3.63) is 11.3 Å². The minimum atomic E-state index is -0.0433. The van der Waals surface area contributed by atoms with Crippen molar-refractivity contribution in [3.8, 4) is 5.88 Å². The normalized spacial score (nSPS) is 11.0. The second-order valence-electron chi connectivity index (χ2n) is 3.42. The topological polar surface area (TPSA) is 86.8 Å². The number of aromatic nitrogens is 4. The van der Waals surface area contributed by atoms with Gasteiger partial charge in [0.25, 0.3) is 0 Å². The van der Waals surface area contributed by atoms with Crippen LogP contribution in [0.2, 0.25) is 5.15 Å². The molecular formula is C9H10ClN5O. The van der Waals surface area contributed by atoms with E-state index in [1.165, 1.54) is 6.20 Å². The maximum absolute atomic E-state index is 5.75. The zero-order chi connectivity index (χ0) is 11.7. The zero-order valence-electron chi connectivity index (χ0n) is 8.81. The van der Waals surface area contributed by atoms with Gasteiger partial charge in [-0.2, -0.15) is 9.97 Å². The number of hydrogen-bond donors (Lipinski definition) is 1. The Hall–Kier alpha value is -1.69. The number of hydrogen-bond acceptors (Lipinski definition) is 6. The summed E-state index contributed by atoms with van der Waals surface area (Å²) >= 11 is 5.75. The molecule has 0 saturated heterocycles. The van der Waals surface area contributed by atoms with Crippen LogP contribution in [0.25, 0.3) is 11.2 Å². The minimum absolute atomic E-state index is 0.0433. The smallest absolute Gasteiger partial charge is 0.247 e. The van der Waals surface area contributed by atoms with Crippen molar-refractivity contribution in [1.82, 2.24) is 19.9 Å². The van der Waals surface area contributed by atoms with Crippen LogP contribution in [0.5, 0.6) is 5.88 Å². The van der Waals surface area contributed by atoms with Crippen LogP contribution in [-0.4, -0.2) is 26.0 Å². The third-order valence-electron chi connectivity index (χ3n) is 1.71. The molecule has 2 heterocycles. The molecule has 0 amide bonds. The summed E-state index contributed by atoms with van der Waals surface area (Å²) in [5.74, 6) is 0.396. The Morgan fingerprint density at radius 2 is 2.06 bits per heavy atom. The maximum atomic E-state index is 5.75. The van der Waals surface area contributed by atoms with E-state index in [0.717, 1.165) is 0 Å². The van der Waals surface area contributed by atoms with Crippen LogP contribution in [0.15, 0.2) is 6.20 Å². The standard InChI is InChI=1S/C9H10ClN5O/c1-4(2)16-8-6-7(14-9(11)15-8)12-3-5(10)13-6/h3-4H,1-2H3,(H2,11,12,14,15). The molecule has 0 saturated carbocycles. The molecule has 16 heavy (non-hydrogen) atoms. The third-order valence-corrected chi connectivity index (χ3v) is 1.89. The quantitative estimate of drug-likeness (QED) is 0.853. The van der Waals surface area contributed by atoms with Gasteiger partial charge in [-0.1, -0.05) is 11.6 Å². The van der Waals surface area contributed by atoms with E-state index in [-0.39, 0.29) is 17.2 Å². The Labute approximate surface area is 96.8 Å². The molecule has 0 aromatic carbocycles. The molecule has 0 aliphatic rings. The number of halogens is 1. The number of fused-ring (bicyclic) bond motifs is 1. The Kier molecular flexibility index (Phi) is 2.74. The molecule has 0 spiro atoms. The average molecular weight is 240 g/mol. The predicted octanol–water partition coefficient (Wildman–Crippen LogP) is 1.44. The van der Waals surface area contributed by atoms with E-state index >= 15 is 0 Å². The van der Waals surface area contributed by atoms with E-state index in [9.17, 15) is 0 Å². The van der Waals surface area contributed by atoms with Gasteiger partial charge < -0.3 is 10.5 Å². The molecule has 0 radical (unpaired) electrons. The van der Waals surface area contributed by atoms with Gasteiger partial charge in [-0.05, 0) is 13.8 Å². The van der Waals surface area contributed by atoms with Crippen molar-refractivity contribution in [2.45, 2.75) is 20.0 Å². The number of nitrogen functional groups attached to an aromatic ring is 1. The highest BCUT2D eigenvalue weighted by Gasteiger charge is 2.11. The Balaban J connectivity index is 2.64. The van der Waals surface area contributed by atoms with Gasteiger partial charge in [0, 0.05) is 0 Å². The first kappa shape index (κ1) is 10.8. The summed E-state index contributed by atoms with van der Waals surface area (Å²) in [5, 5.41) is 0.259. The lowest BCUT2D eigenvalue weighted by atomic mass is 10.4. The Bertz CT molecular complexity index is 531. The molecular weight excluding hydrogens is 230 g/mol. The molecule has 2 aromatic rings. The summed E-state index contributed by atoms with van der Waals surface area (Å²) < 4.78 is 5.47. The molecule has 2 rings (SSSR count). The van der Waals surface area contributed by atoms with Crippen molar-refractivity contribution >= 4 is 28.7 Å². The van der Waals surface area contributed by atoms with Gasteiger partial charge in [0.1, 0.15) is 5.15 Å². The number of nitrogens with zero attached hydrogens (tertiary/aromatic N) is 4. The van der Waals surface area contributed by atoms with Gasteiger partial charge >= 0.3 is 0 Å². The molecule has 6 nitrogen and oxygen atoms in total. The van der Waals surface area contributed by atoms with Gasteiger partial charge in [0.05, 0.1) is 12.3 Å². The van der Waals surface area contributed by atoms with Crippen LogP contribution in [0.4, 0.5) is 5.95 Å². The van der Waals surface area contributed by atoms with Crippen molar-refractivity contribution < 1.29 is 4.74 Å². The van der Waals surface area contributed by atoms with Gasteiger partial charge in [-0.25, -0.2) is 9.97 Å². The first-order valence-electron chi connectivity index (χ1n) is 4.68. The van der Waals surface area contributed by atoms with Gasteiger partial charge in [-0.15, -0.1) is 0 Å². The van der Waals surface area contributed by atoms with Crippen LogP contribution in [-0.2, 0) is 0 Å². The fourth-order valence-electron chi connectivity index (χ4n) is 1.18. The van der Waals surface area contributed by atoms with E-state index in [0.29, 0.717) is 17.0 Å². The summed E-state index contributed by atoms with van der Waals surface area (Å²) in [6.45, 7) is 3.75. The lowest BCUT2D eigenvalue weighted by Gasteiger charge is -2.10. The number of rotatable bonds is 2. The highest BCUT2D eigenvalue weighted by Crippen LogP contribution is 2.22. The molecule has 0 unspecified atom stereocenters. The van der Waals surface area contributed by atoms with Crippen LogP contribution in [0, 0.1) is 0 Å². The van der Waals surface area contributed by atoms with Crippen LogP contribution in [0.3, 0.4) is 0 Å².